The molecule has 1 aliphatic rings. The smallest absolute Gasteiger partial charge is 0.344 e. The Kier molecular flexibility index (Phi) is 2.86. The number of hydrogen-bond donors (Lipinski definition) is 0. The van der Waals surface area contributed by atoms with E-state index in [1.54, 1.807) is 6.07 Å². The average Bonchev–Trinajstić information content (AvgIpc) is 2.58. The normalized spacial score (nSPS) is 16.6. The van der Waals surface area contributed by atoms with E-state index in [4.69, 9.17) is 4.74 Å². The summed E-state index contributed by atoms with van der Waals surface area (Å²) in [6.45, 7) is 2.15. The number of allylic oxidation sites excluding steroid dienone is 1. The Balaban J connectivity index is 2.24. The molecule has 0 aromatic heterocycles. The van der Waals surface area contributed by atoms with Gasteiger partial charge in [0.25, 0.3) is 0 Å². The van der Waals surface area contributed by atoms with E-state index in [0.29, 0.717) is 5.56 Å². The molecule has 2 heteroatoms. The van der Waals surface area contributed by atoms with Crippen LogP contribution >= 0.6 is 0 Å². The molecule has 0 amide bonds. The van der Waals surface area contributed by atoms with E-state index in [-0.39, 0.29) is 5.97 Å². The topological polar surface area (TPSA) is 26.3 Å². The first-order valence-electron chi connectivity index (χ1n) is 5.34. The molecule has 0 saturated carbocycles. The van der Waals surface area contributed by atoms with E-state index in [0.717, 1.165) is 30.6 Å². The second kappa shape index (κ2) is 4.30. The highest BCUT2D eigenvalue weighted by molar-refractivity contribution is 6.02. The van der Waals surface area contributed by atoms with Crippen molar-refractivity contribution in [3.8, 4) is 0 Å². The molecular formula is C13H14O2. The summed E-state index contributed by atoms with van der Waals surface area (Å²) in [7, 11) is 0. The summed E-state index contributed by atoms with van der Waals surface area (Å²) < 4.78 is 5.20. The minimum atomic E-state index is -0.228. The molecule has 1 heterocycles. The van der Waals surface area contributed by atoms with Crippen LogP contribution in [-0.4, -0.2) is 5.97 Å². The molecule has 0 spiro atoms. The lowest BCUT2D eigenvalue weighted by molar-refractivity contribution is 0.0715. The largest absolute Gasteiger partial charge is 0.423 e. The molecule has 15 heavy (non-hydrogen) atoms. The molecule has 1 aromatic rings. The van der Waals surface area contributed by atoms with Crippen molar-refractivity contribution in [3.05, 3.63) is 41.5 Å². The van der Waals surface area contributed by atoms with Gasteiger partial charge in [-0.2, -0.15) is 0 Å². The molecule has 0 unspecified atom stereocenters. The zero-order valence-corrected chi connectivity index (χ0v) is 8.82. The zero-order valence-electron chi connectivity index (χ0n) is 8.82. The van der Waals surface area contributed by atoms with Crippen molar-refractivity contribution in [2.45, 2.75) is 26.2 Å². The maximum Gasteiger partial charge on any atom is 0.344 e. The van der Waals surface area contributed by atoms with E-state index in [1.165, 1.54) is 0 Å². The molecule has 0 fully saturated rings. The third-order valence-electron chi connectivity index (χ3n) is 2.50. The quantitative estimate of drug-likeness (QED) is 0.554. The molecule has 1 aliphatic heterocycles. The summed E-state index contributed by atoms with van der Waals surface area (Å²) >= 11 is 0. The average molecular weight is 202 g/mol. The number of fused-ring (bicyclic) bond motifs is 1. The first-order chi connectivity index (χ1) is 7.33. The van der Waals surface area contributed by atoms with Gasteiger partial charge in [0.05, 0.1) is 5.56 Å². The van der Waals surface area contributed by atoms with Crippen molar-refractivity contribution in [1.29, 1.82) is 0 Å². The van der Waals surface area contributed by atoms with E-state index in [1.807, 2.05) is 24.3 Å². The van der Waals surface area contributed by atoms with Crippen LogP contribution in [0, 0.1) is 0 Å². The predicted molar refractivity (Wildman–Crippen MR) is 59.4 cm³/mol. The Morgan fingerprint density at radius 3 is 2.73 bits per heavy atom. The zero-order chi connectivity index (χ0) is 10.7. The van der Waals surface area contributed by atoms with Crippen molar-refractivity contribution in [2.75, 3.05) is 0 Å². The Morgan fingerprint density at radius 1 is 1.27 bits per heavy atom. The van der Waals surface area contributed by atoms with Gasteiger partial charge in [-0.05, 0) is 25.0 Å². The van der Waals surface area contributed by atoms with Gasteiger partial charge >= 0.3 is 5.97 Å². The number of ether oxygens (including phenoxy) is 1. The van der Waals surface area contributed by atoms with Crippen LogP contribution in [0.25, 0.3) is 5.76 Å². The fourth-order valence-electron chi connectivity index (χ4n) is 1.67. The summed E-state index contributed by atoms with van der Waals surface area (Å²) in [5, 5.41) is 0. The Bertz CT molecular complexity index is 405. The highest BCUT2D eigenvalue weighted by Crippen LogP contribution is 2.29. The molecule has 0 N–H and O–H groups in total. The minimum absolute atomic E-state index is 0.228. The maximum absolute atomic E-state index is 11.4. The van der Waals surface area contributed by atoms with Gasteiger partial charge in [0.1, 0.15) is 5.76 Å². The molecule has 1 aromatic carbocycles. The number of carbonyl (C=O) groups excluding carboxylic acids is 1. The summed E-state index contributed by atoms with van der Waals surface area (Å²) in [6.07, 6.45) is 5.25. The number of benzene rings is 1. The van der Waals surface area contributed by atoms with Crippen LogP contribution in [0.1, 0.15) is 42.1 Å². The molecule has 0 aliphatic carbocycles. The van der Waals surface area contributed by atoms with Crippen molar-refractivity contribution < 1.29 is 9.53 Å². The fourth-order valence-corrected chi connectivity index (χ4v) is 1.67. The van der Waals surface area contributed by atoms with Gasteiger partial charge in [-0.1, -0.05) is 31.5 Å². The van der Waals surface area contributed by atoms with Crippen LogP contribution in [0.4, 0.5) is 0 Å². The SMILES string of the molecule is CCCC/C=C1\OC(=O)c2ccccc21. The van der Waals surface area contributed by atoms with E-state index < -0.39 is 0 Å². The lowest BCUT2D eigenvalue weighted by Gasteiger charge is -1.97. The van der Waals surface area contributed by atoms with Crippen molar-refractivity contribution in [2.24, 2.45) is 0 Å². The first-order valence-corrected chi connectivity index (χ1v) is 5.34. The van der Waals surface area contributed by atoms with Crippen molar-refractivity contribution >= 4 is 11.7 Å². The summed E-state index contributed by atoms with van der Waals surface area (Å²) in [4.78, 5) is 11.4. The van der Waals surface area contributed by atoms with Gasteiger partial charge in [0, 0.05) is 5.56 Å². The third kappa shape index (κ3) is 1.94. The Morgan fingerprint density at radius 2 is 2.00 bits per heavy atom. The van der Waals surface area contributed by atoms with Crippen molar-refractivity contribution in [3.63, 3.8) is 0 Å². The summed E-state index contributed by atoms with van der Waals surface area (Å²) in [5.41, 5.74) is 1.61. The Labute approximate surface area is 89.6 Å². The van der Waals surface area contributed by atoms with E-state index >= 15 is 0 Å². The second-order valence-corrected chi connectivity index (χ2v) is 3.65. The monoisotopic (exact) mass is 202 g/mol. The lowest BCUT2D eigenvalue weighted by Crippen LogP contribution is -1.92. The molecule has 2 nitrogen and oxygen atoms in total. The van der Waals surface area contributed by atoms with Gasteiger partial charge in [-0.15, -0.1) is 0 Å². The third-order valence-corrected chi connectivity index (χ3v) is 2.50. The number of hydrogen-bond acceptors (Lipinski definition) is 2. The number of cyclic esters (lactones) is 1. The lowest BCUT2D eigenvalue weighted by atomic mass is 10.1. The minimum Gasteiger partial charge on any atom is -0.423 e. The van der Waals surface area contributed by atoms with E-state index in [9.17, 15) is 4.79 Å². The molecule has 78 valence electrons. The van der Waals surface area contributed by atoms with Gasteiger partial charge in [-0.3, -0.25) is 0 Å². The van der Waals surface area contributed by atoms with Crippen LogP contribution in [0.15, 0.2) is 30.3 Å². The van der Waals surface area contributed by atoms with Crippen molar-refractivity contribution in [1.82, 2.24) is 0 Å². The summed E-state index contributed by atoms with van der Waals surface area (Å²) in [5.74, 6) is 0.498. The second-order valence-electron chi connectivity index (χ2n) is 3.65. The fraction of sp³-hybridized carbons (Fsp3) is 0.308. The van der Waals surface area contributed by atoms with Gasteiger partial charge < -0.3 is 4.74 Å². The molecule has 0 radical (unpaired) electrons. The predicted octanol–water partition coefficient (Wildman–Crippen LogP) is 3.39. The molecular weight excluding hydrogens is 188 g/mol. The summed E-state index contributed by atoms with van der Waals surface area (Å²) in [6, 6.07) is 7.51. The van der Waals surface area contributed by atoms with Crippen LogP contribution in [0.5, 0.6) is 0 Å². The molecule has 0 atom stereocenters. The van der Waals surface area contributed by atoms with Gasteiger partial charge in [0.2, 0.25) is 0 Å². The first kappa shape index (κ1) is 9.97. The number of rotatable bonds is 3. The number of unbranched alkanes of at least 4 members (excludes halogenated alkanes) is 2. The van der Waals surface area contributed by atoms with Crippen LogP contribution < -0.4 is 0 Å². The molecule has 2 rings (SSSR count). The van der Waals surface area contributed by atoms with Gasteiger partial charge in [-0.25, -0.2) is 4.79 Å². The Hall–Kier alpha value is -1.57. The van der Waals surface area contributed by atoms with Crippen LogP contribution in [-0.2, 0) is 4.74 Å². The van der Waals surface area contributed by atoms with Crippen LogP contribution in [0.3, 0.4) is 0 Å². The van der Waals surface area contributed by atoms with E-state index in [2.05, 4.69) is 6.92 Å². The van der Waals surface area contributed by atoms with Crippen LogP contribution in [0.2, 0.25) is 0 Å². The molecule has 0 saturated heterocycles. The highest BCUT2D eigenvalue weighted by atomic mass is 16.5. The van der Waals surface area contributed by atoms with Gasteiger partial charge in [0.15, 0.2) is 0 Å². The number of carbonyl (C=O) groups is 1. The highest BCUT2D eigenvalue weighted by Gasteiger charge is 2.24. The standard InChI is InChI=1S/C13H14O2/c1-2-3-4-9-12-10-7-5-6-8-11(10)13(14)15-12/h5-9H,2-4H2,1H3/b12-9-. The molecule has 0 bridgehead atoms. The number of esters is 1. The maximum atomic E-state index is 11.4.